The summed E-state index contributed by atoms with van der Waals surface area (Å²) < 4.78 is 32.5. The number of aliphatic hydroxyl groups excluding tert-OH is 1. The molecule has 1 N–H and O–H groups in total. The van der Waals surface area contributed by atoms with Crippen LogP contribution < -0.4 is 0 Å². The minimum absolute atomic E-state index is 0.0263. The van der Waals surface area contributed by atoms with Crippen molar-refractivity contribution in [3.05, 3.63) is 70.8 Å². The van der Waals surface area contributed by atoms with Crippen LogP contribution in [-0.2, 0) is 24.3 Å². The molecule has 9 heteroatoms. The topological polar surface area (TPSA) is 104 Å². The molecular formula is C26H30N2O6S. The SMILES string of the molecule is COCCN1C(=O)C(=O)/C(=C(/O)c2ccc(S(=O)(=O)N3CCCCC3)cc2)C1c1ccc(C)cc1. The van der Waals surface area contributed by atoms with Crippen molar-refractivity contribution in [1.29, 1.82) is 0 Å². The summed E-state index contributed by atoms with van der Waals surface area (Å²) in [5, 5.41) is 11.2. The lowest BCUT2D eigenvalue weighted by Gasteiger charge is -2.26. The number of methoxy groups -OCH3 is 1. The first-order valence-corrected chi connectivity index (χ1v) is 13.1. The van der Waals surface area contributed by atoms with E-state index in [9.17, 15) is 23.1 Å². The Labute approximate surface area is 205 Å². The van der Waals surface area contributed by atoms with Gasteiger partial charge in [-0.3, -0.25) is 9.59 Å². The number of sulfonamides is 1. The Bertz CT molecular complexity index is 1230. The normalized spacial score (nSPS) is 21.0. The van der Waals surface area contributed by atoms with Gasteiger partial charge in [0.15, 0.2) is 0 Å². The molecule has 2 aliphatic rings. The second-order valence-corrected chi connectivity index (χ2v) is 10.8. The molecule has 186 valence electrons. The molecule has 1 amide bonds. The number of hydrogen-bond acceptors (Lipinski definition) is 6. The van der Waals surface area contributed by atoms with Crippen LogP contribution in [0.25, 0.3) is 5.76 Å². The quantitative estimate of drug-likeness (QED) is 0.357. The fourth-order valence-electron chi connectivity index (χ4n) is 4.59. The molecule has 0 bridgehead atoms. The van der Waals surface area contributed by atoms with Crippen molar-refractivity contribution < 1.29 is 27.9 Å². The van der Waals surface area contributed by atoms with E-state index in [0.717, 1.165) is 24.8 Å². The Kier molecular flexibility index (Phi) is 7.39. The summed E-state index contributed by atoms with van der Waals surface area (Å²) in [5.41, 5.74) is 1.95. The molecule has 2 saturated heterocycles. The highest BCUT2D eigenvalue weighted by Crippen LogP contribution is 2.39. The number of hydrogen-bond donors (Lipinski definition) is 1. The standard InChI is InChI=1S/C26H30N2O6S/c1-18-6-8-19(9-7-18)23-22(25(30)26(31)28(23)16-17-34-2)24(29)20-10-12-21(13-11-20)35(32,33)27-14-4-3-5-15-27/h6-13,23,29H,3-5,14-17H2,1-2H3/b24-22+. The fourth-order valence-corrected chi connectivity index (χ4v) is 6.11. The predicted octanol–water partition coefficient (Wildman–Crippen LogP) is 3.24. The van der Waals surface area contributed by atoms with Crippen LogP contribution in [0.15, 0.2) is 59.0 Å². The number of nitrogens with zero attached hydrogens (tertiary/aromatic N) is 2. The first kappa shape index (κ1) is 25.1. The Morgan fingerprint density at radius 3 is 2.23 bits per heavy atom. The summed E-state index contributed by atoms with van der Waals surface area (Å²) in [6.07, 6.45) is 2.68. The summed E-state index contributed by atoms with van der Waals surface area (Å²) >= 11 is 0. The van der Waals surface area contributed by atoms with Crippen molar-refractivity contribution in [1.82, 2.24) is 9.21 Å². The smallest absolute Gasteiger partial charge is 0.295 e. The molecule has 0 aliphatic carbocycles. The number of aryl methyl sites for hydroxylation is 1. The van der Waals surface area contributed by atoms with Crippen LogP contribution in [0.1, 0.15) is 42.0 Å². The molecule has 0 saturated carbocycles. The number of carbonyl (C=O) groups excluding carboxylic acids is 2. The van der Waals surface area contributed by atoms with Gasteiger partial charge in [-0.2, -0.15) is 4.31 Å². The average molecular weight is 499 g/mol. The molecule has 4 rings (SSSR count). The van der Waals surface area contributed by atoms with Gasteiger partial charge in [0, 0.05) is 32.3 Å². The maximum Gasteiger partial charge on any atom is 0.295 e. The maximum absolute atomic E-state index is 13.0. The van der Waals surface area contributed by atoms with Gasteiger partial charge in [-0.05, 0) is 49.6 Å². The van der Waals surface area contributed by atoms with Gasteiger partial charge in [-0.15, -0.1) is 0 Å². The zero-order valence-electron chi connectivity index (χ0n) is 19.9. The third-order valence-corrected chi connectivity index (χ3v) is 8.46. The third kappa shape index (κ3) is 4.89. The minimum Gasteiger partial charge on any atom is -0.507 e. The van der Waals surface area contributed by atoms with Crippen molar-refractivity contribution in [2.24, 2.45) is 0 Å². The average Bonchev–Trinajstić information content (AvgIpc) is 3.13. The maximum atomic E-state index is 13.0. The highest BCUT2D eigenvalue weighted by molar-refractivity contribution is 7.89. The first-order chi connectivity index (χ1) is 16.8. The van der Waals surface area contributed by atoms with Crippen molar-refractivity contribution in [2.45, 2.75) is 37.1 Å². The highest BCUT2D eigenvalue weighted by atomic mass is 32.2. The van der Waals surface area contributed by atoms with E-state index in [2.05, 4.69) is 0 Å². The number of ether oxygens (including phenoxy) is 1. The van der Waals surface area contributed by atoms with Crippen LogP contribution >= 0.6 is 0 Å². The lowest BCUT2D eigenvalue weighted by molar-refractivity contribution is -0.140. The van der Waals surface area contributed by atoms with Crippen LogP contribution in [0, 0.1) is 6.92 Å². The fraction of sp³-hybridized carbons (Fsp3) is 0.385. The molecule has 0 aromatic heterocycles. The van der Waals surface area contributed by atoms with Gasteiger partial charge in [-0.1, -0.05) is 36.2 Å². The summed E-state index contributed by atoms with van der Waals surface area (Å²) in [4.78, 5) is 27.4. The molecule has 2 fully saturated rings. The number of carbonyl (C=O) groups is 2. The molecule has 0 spiro atoms. The summed E-state index contributed by atoms with van der Waals surface area (Å²) in [7, 11) is -2.12. The molecule has 0 radical (unpaired) electrons. The number of piperidine rings is 1. The van der Waals surface area contributed by atoms with E-state index in [-0.39, 0.29) is 34.9 Å². The predicted molar refractivity (Wildman–Crippen MR) is 131 cm³/mol. The van der Waals surface area contributed by atoms with E-state index >= 15 is 0 Å². The molecule has 1 atom stereocenters. The van der Waals surface area contributed by atoms with Gasteiger partial charge in [0.05, 0.1) is 23.1 Å². The largest absolute Gasteiger partial charge is 0.507 e. The van der Waals surface area contributed by atoms with Gasteiger partial charge in [0.1, 0.15) is 5.76 Å². The number of ketones is 1. The van der Waals surface area contributed by atoms with Crippen LogP contribution in [0.5, 0.6) is 0 Å². The number of aliphatic hydroxyl groups is 1. The Morgan fingerprint density at radius 1 is 1.00 bits per heavy atom. The van der Waals surface area contributed by atoms with E-state index in [4.69, 9.17) is 4.74 Å². The summed E-state index contributed by atoms with van der Waals surface area (Å²) in [5.74, 6) is -1.83. The van der Waals surface area contributed by atoms with E-state index in [1.165, 1.54) is 40.6 Å². The zero-order chi connectivity index (χ0) is 25.2. The number of amides is 1. The van der Waals surface area contributed by atoms with Gasteiger partial charge >= 0.3 is 0 Å². The van der Waals surface area contributed by atoms with Crippen molar-refractivity contribution in [3.63, 3.8) is 0 Å². The molecule has 1 unspecified atom stereocenters. The highest BCUT2D eigenvalue weighted by Gasteiger charge is 2.45. The van der Waals surface area contributed by atoms with E-state index in [1.807, 2.05) is 31.2 Å². The zero-order valence-corrected chi connectivity index (χ0v) is 20.8. The Hall–Kier alpha value is -3.01. The number of Topliss-reactive ketones (excluding diaryl/α,β-unsaturated/α-hetero) is 1. The third-order valence-electron chi connectivity index (χ3n) is 6.55. The van der Waals surface area contributed by atoms with Crippen LogP contribution in [0.3, 0.4) is 0 Å². The first-order valence-electron chi connectivity index (χ1n) is 11.7. The monoisotopic (exact) mass is 498 g/mol. The second-order valence-electron chi connectivity index (χ2n) is 8.89. The molecular weight excluding hydrogens is 468 g/mol. The van der Waals surface area contributed by atoms with Crippen molar-refractivity contribution >= 4 is 27.5 Å². The van der Waals surface area contributed by atoms with Crippen molar-refractivity contribution in [2.75, 3.05) is 33.4 Å². The lowest BCUT2D eigenvalue weighted by Crippen LogP contribution is -2.35. The number of likely N-dealkylation sites (tertiary alicyclic amines) is 1. The minimum atomic E-state index is -3.63. The molecule has 35 heavy (non-hydrogen) atoms. The molecule has 2 aromatic carbocycles. The van der Waals surface area contributed by atoms with E-state index < -0.39 is 27.8 Å². The summed E-state index contributed by atoms with van der Waals surface area (Å²) in [6.45, 7) is 3.34. The van der Waals surface area contributed by atoms with Gasteiger partial charge in [-0.25, -0.2) is 8.42 Å². The van der Waals surface area contributed by atoms with Gasteiger partial charge in [0.25, 0.3) is 11.7 Å². The molecule has 2 heterocycles. The molecule has 2 aliphatic heterocycles. The Balaban J connectivity index is 1.73. The second kappa shape index (κ2) is 10.3. The summed E-state index contributed by atoms with van der Waals surface area (Å²) in [6, 6.07) is 12.4. The van der Waals surface area contributed by atoms with Crippen LogP contribution in [-0.4, -0.2) is 67.8 Å². The van der Waals surface area contributed by atoms with E-state index in [1.54, 1.807) is 0 Å². The Morgan fingerprint density at radius 2 is 1.63 bits per heavy atom. The lowest BCUT2D eigenvalue weighted by atomic mass is 9.95. The van der Waals surface area contributed by atoms with E-state index in [0.29, 0.717) is 18.7 Å². The molecule has 2 aromatic rings. The van der Waals surface area contributed by atoms with Crippen molar-refractivity contribution in [3.8, 4) is 0 Å². The van der Waals surface area contributed by atoms with Gasteiger partial charge in [0.2, 0.25) is 10.0 Å². The number of rotatable bonds is 7. The van der Waals surface area contributed by atoms with Crippen LogP contribution in [0.4, 0.5) is 0 Å². The van der Waals surface area contributed by atoms with Gasteiger partial charge < -0.3 is 14.7 Å². The number of benzene rings is 2. The molecule has 8 nitrogen and oxygen atoms in total. The van der Waals surface area contributed by atoms with Crippen LogP contribution in [0.2, 0.25) is 0 Å².